The SMILES string of the molecule is COc1ccc2c(c1OCCO)OC1c3c(cc4c(c3CN3CC5=CC=NC5=C3CO)C#CCC3(O)C(O)C(O)C(O4)OC3C(OC(=O)CC(=O)O)C(N)N)OC(Cc3ccccc3)C21. The lowest BCUT2D eigenvalue weighted by atomic mass is 9.78. The molecule has 0 radical (unpaired) electrons. The van der Waals surface area contributed by atoms with E-state index in [0.717, 1.165) is 16.7 Å². The maximum Gasteiger partial charge on any atom is 0.317 e. The number of carbonyl (C=O) groups excluding carboxylic acids is 1. The van der Waals surface area contributed by atoms with E-state index in [2.05, 4.69) is 16.8 Å². The second-order valence-corrected chi connectivity index (χ2v) is 16.5. The van der Waals surface area contributed by atoms with Gasteiger partial charge in [0.1, 0.15) is 60.6 Å². The molecular formula is C46H48N4O15. The van der Waals surface area contributed by atoms with Gasteiger partial charge in [-0.05, 0) is 17.7 Å². The molecule has 0 spiro atoms. The molecule has 3 aromatic rings. The average molecular weight is 897 g/mol. The van der Waals surface area contributed by atoms with E-state index in [0.29, 0.717) is 58.5 Å². The van der Waals surface area contributed by atoms with Crippen molar-refractivity contribution in [3.8, 4) is 40.6 Å². The summed E-state index contributed by atoms with van der Waals surface area (Å²) in [5.41, 5.74) is 14.8. The van der Waals surface area contributed by atoms with Gasteiger partial charge in [0.25, 0.3) is 0 Å². The van der Waals surface area contributed by atoms with E-state index in [1.54, 1.807) is 18.3 Å². The number of carboxylic acids is 1. The molecule has 19 nitrogen and oxygen atoms in total. The summed E-state index contributed by atoms with van der Waals surface area (Å²) in [6.45, 7) is -0.175. The molecule has 10 N–H and O–H groups in total. The molecule has 0 saturated carbocycles. The number of fused-ring (bicyclic) bond motifs is 9. The van der Waals surface area contributed by atoms with Crippen molar-refractivity contribution in [1.29, 1.82) is 0 Å². The van der Waals surface area contributed by atoms with Gasteiger partial charge < -0.3 is 80.2 Å². The van der Waals surface area contributed by atoms with Crippen molar-refractivity contribution in [2.24, 2.45) is 16.5 Å². The first-order valence-corrected chi connectivity index (χ1v) is 21.0. The maximum atomic E-state index is 12.6. The topological polar surface area (TPSA) is 288 Å². The van der Waals surface area contributed by atoms with E-state index in [4.69, 9.17) is 44.6 Å². The molecule has 1 fully saturated rings. The van der Waals surface area contributed by atoms with E-state index < -0.39 is 85.4 Å². The third kappa shape index (κ3) is 7.81. The molecule has 0 aliphatic carbocycles. The minimum absolute atomic E-state index is 0.0287. The Morgan fingerprint density at radius 2 is 1.88 bits per heavy atom. The van der Waals surface area contributed by atoms with E-state index in [-0.39, 0.29) is 37.7 Å². The molecule has 0 amide bonds. The molecule has 19 heteroatoms. The highest BCUT2D eigenvalue weighted by Crippen LogP contribution is 2.60. The Morgan fingerprint density at radius 1 is 1.08 bits per heavy atom. The third-order valence-corrected chi connectivity index (χ3v) is 12.5. The monoisotopic (exact) mass is 896 g/mol. The summed E-state index contributed by atoms with van der Waals surface area (Å²) in [4.78, 5) is 30.4. The highest BCUT2D eigenvalue weighted by atomic mass is 16.7. The Kier molecular flexibility index (Phi) is 11.9. The number of benzene rings is 3. The Bertz CT molecular complexity index is 2540. The minimum Gasteiger partial charge on any atom is -0.493 e. The number of hydrogen-bond donors (Lipinski definition) is 8. The van der Waals surface area contributed by atoms with Gasteiger partial charge in [-0.3, -0.25) is 14.6 Å². The van der Waals surface area contributed by atoms with Gasteiger partial charge in [0.05, 0.1) is 49.4 Å². The summed E-state index contributed by atoms with van der Waals surface area (Å²) in [6.07, 6.45) is -9.90. The predicted octanol–water partition coefficient (Wildman–Crippen LogP) is 0.259. The van der Waals surface area contributed by atoms with Crippen LogP contribution in [-0.2, 0) is 32.0 Å². The quantitative estimate of drug-likeness (QED) is 0.0466. The molecule has 342 valence electrons. The molecule has 7 aliphatic rings. The van der Waals surface area contributed by atoms with Crippen LogP contribution in [0, 0.1) is 11.8 Å². The lowest BCUT2D eigenvalue weighted by Gasteiger charge is -2.50. The van der Waals surface area contributed by atoms with Crippen molar-refractivity contribution in [3.05, 3.63) is 99.4 Å². The summed E-state index contributed by atoms with van der Waals surface area (Å²) in [7, 11) is 1.51. The summed E-state index contributed by atoms with van der Waals surface area (Å²) in [6, 6.07) is 15.0. The van der Waals surface area contributed by atoms with Crippen LogP contribution in [0.3, 0.4) is 0 Å². The normalized spacial score (nSPS) is 27.1. The van der Waals surface area contributed by atoms with Crippen LogP contribution in [0.2, 0.25) is 0 Å². The first-order valence-electron chi connectivity index (χ1n) is 21.0. The largest absolute Gasteiger partial charge is 0.493 e. The maximum absolute atomic E-state index is 12.6. The number of methoxy groups -OCH3 is 1. The number of ether oxygens (including phenoxy) is 7. The number of aliphatic hydroxyl groups is 5. The minimum atomic E-state index is -2.51. The van der Waals surface area contributed by atoms with Crippen molar-refractivity contribution in [2.45, 2.75) is 86.4 Å². The molecule has 7 aliphatic heterocycles. The fourth-order valence-electron chi connectivity index (χ4n) is 9.54. The molecule has 1 saturated heterocycles. The summed E-state index contributed by atoms with van der Waals surface area (Å²) >= 11 is 0. The number of hydrogen-bond acceptors (Lipinski definition) is 18. The van der Waals surface area contributed by atoms with Gasteiger partial charge in [0.2, 0.25) is 12.0 Å². The van der Waals surface area contributed by atoms with Gasteiger partial charge in [-0.1, -0.05) is 48.2 Å². The molecule has 2 bridgehead atoms. The summed E-state index contributed by atoms with van der Waals surface area (Å²) in [5.74, 6) is 4.32. The zero-order chi connectivity index (χ0) is 45.7. The zero-order valence-corrected chi connectivity index (χ0v) is 35.0. The number of allylic oxidation sites excluding steroid dienone is 1. The Hall–Kier alpha value is -6.21. The van der Waals surface area contributed by atoms with Gasteiger partial charge >= 0.3 is 11.9 Å². The van der Waals surface area contributed by atoms with Crippen LogP contribution >= 0.6 is 0 Å². The second-order valence-electron chi connectivity index (χ2n) is 16.5. The van der Waals surface area contributed by atoms with Crippen LogP contribution in [0.4, 0.5) is 0 Å². The Labute approximate surface area is 372 Å². The number of nitrogens with two attached hydrogens (primary N) is 2. The lowest BCUT2D eigenvalue weighted by Crippen LogP contribution is -2.72. The number of esters is 1. The third-order valence-electron chi connectivity index (χ3n) is 12.5. The van der Waals surface area contributed by atoms with E-state index >= 15 is 0 Å². The van der Waals surface area contributed by atoms with Crippen LogP contribution in [0.5, 0.6) is 28.7 Å². The second kappa shape index (κ2) is 17.6. The lowest BCUT2D eigenvalue weighted by molar-refractivity contribution is -0.324. The van der Waals surface area contributed by atoms with E-state index in [9.17, 15) is 40.2 Å². The number of aliphatic imine (C=N–C) groups is 1. The van der Waals surface area contributed by atoms with Crippen LogP contribution in [0.15, 0.2) is 76.6 Å². The van der Waals surface area contributed by atoms with Crippen molar-refractivity contribution >= 4 is 18.2 Å². The predicted molar refractivity (Wildman–Crippen MR) is 226 cm³/mol. The Balaban J connectivity index is 1.22. The smallest absolute Gasteiger partial charge is 0.317 e. The fraction of sp³-hybridized carbons (Fsp3) is 0.413. The number of aliphatic carboxylic acids is 1. The first kappa shape index (κ1) is 44.0. The molecule has 9 atom stereocenters. The van der Waals surface area contributed by atoms with E-state index in [1.165, 1.54) is 7.11 Å². The van der Waals surface area contributed by atoms with Crippen LogP contribution in [0.25, 0.3) is 0 Å². The highest BCUT2D eigenvalue weighted by Gasteiger charge is 2.60. The fourth-order valence-corrected chi connectivity index (χ4v) is 9.54. The number of carbonyl (C=O) groups is 2. The molecule has 7 heterocycles. The number of carboxylic acid groups (broad SMARTS) is 1. The van der Waals surface area contributed by atoms with Crippen molar-refractivity contribution in [2.75, 3.05) is 33.5 Å². The first-order chi connectivity index (χ1) is 31.3. The Morgan fingerprint density at radius 3 is 2.60 bits per heavy atom. The number of nitrogens with zero attached hydrogens (tertiary/aromatic N) is 2. The molecule has 10 rings (SSSR count). The van der Waals surface area contributed by atoms with E-state index in [1.807, 2.05) is 47.4 Å². The van der Waals surface area contributed by atoms with Gasteiger partial charge in [0, 0.05) is 60.5 Å². The molecule has 0 aromatic heterocycles. The van der Waals surface area contributed by atoms with Crippen LogP contribution in [0.1, 0.15) is 52.7 Å². The molecule has 3 aromatic carbocycles. The van der Waals surface area contributed by atoms with Crippen LogP contribution in [-0.4, -0.2) is 136 Å². The highest BCUT2D eigenvalue weighted by molar-refractivity contribution is 5.90. The van der Waals surface area contributed by atoms with Gasteiger partial charge in [-0.25, -0.2) is 0 Å². The summed E-state index contributed by atoms with van der Waals surface area (Å²) in [5, 5.41) is 65.0. The summed E-state index contributed by atoms with van der Waals surface area (Å²) < 4.78 is 43.8. The zero-order valence-electron chi connectivity index (χ0n) is 35.0. The van der Waals surface area contributed by atoms with Gasteiger partial charge in [-0.15, -0.1) is 0 Å². The van der Waals surface area contributed by atoms with Crippen LogP contribution < -0.4 is 35.2 Å². The average Bonchev–Trinajstić information content (AvgIpc) is 3.99. The molecule has 65 heavy (non-hydrogen) atoms. The van der Waals surface area contributed by atoms with Crippen molar-refractivity contribution in [1.82, 2.24) is 4.90 Å². The number of aliphatic hydroxyl groups excluding tert-OH is 4. The molecule has 9 unspecified atom stereocenters. The van der Waals surface area contributed by atoms with Crippen molar-refractivity contribution in [3.63, 3.8) is 0 Å². The molecular weight excluding hydrogens is 849 g/mol. The van der Waals surface area contributed by atoms with Crippen molar-refractivity contribution < 1.29 is 73.4 Å². The van der Waals surface area contributed by atoms with Gasteiger partial charge in [-0.2, -0.15) is 0 Å². The number of rotatable bonds is 14. The standard InChI is InChI=1S/C46H48N4O15/c1-59-28-10-9-25-34-30(16-22-6-3-2-4-7-22)61-31-17-29-24(8-5-12-46(58)42(57)37(56)45(62-29)65-43(46)41(44(47)48)63-33(55)18-32(53)54)26(20-50-19-23-11-13-49-36(23)27(50)21-52)35(31)40(34)64-38(25)39(28)60-15-14-51/h2-4,6-7,9-11,13,17,30,34,37,40-45,51-52,56-58H,12,14-16,18-21,47-48H2,1H3,(H,53,54). The van der Waals surface area contributed by atoms with Gasteiger partial charge in [0.15, 0.2) is 17.6 Å².